The minimum Gasteiger partial charge on any atom is -0.364 e. The molecule has 0 unspecified atom stereocenters. The van der Waals surface area contributed by atoms with Crippen LogP contribution in [0.4, 0.5) is 10.1 Å². The molecule has 2 heterocycles. The molecule has 1 aromatic heterocycles. The van der Waals surface area contributed by atoms with Crippen LogP contribution in [-0.2, 0) is 6.54 Å². The summed E-state index contributed by atoms with van der Waals surface area (Å²) in [5, 5.41) is 15.4. The number of aromatic nitrogens is 1. The lowest BCUT2D eigenvalue weighted by molar-refractivity contribution is 0.102. The van der Waals surface area contributed by atoms with Gasteiger partial charge in [-0.25, -0.2) is 4.39 Å². The zero-order valence-corrected chi connectivity index (χ0v) is 14.3. The van der Waals surface area contributed by atoms with Crippen LogP contribution in [0, 0.1) is 24.1 Å². The van der Waals surface area contributed by atoms with Crippen LogP contribution in [-0.4, -0.2) is 16.8 Å². The number of benzene rings is 2. The number of amides is 1. The summed E-state index contributed by atoms with van der Waals surface area (Å²) in [5.41, 5.74) is 4.01. The summed E-state index contributed by atoms with van der Waals surface area (Å²) in [4.78, 5) is 17.1. The summed E-state index contributed by atoms with van der Waals surface area (Å²) >= 11 is 0. The van der Waals surface area contributed by atoms with Crippen LogP contribution in [0.25, 0.3) is 0 Å². The number of halogens is 1. The van der Waals surface area contributed by atoms with Gasteiger partial charge in [-0.05, 0) is 36.2 Å². The van der Waals surface area contributed by atoms with Crippen LogP contribution in [0.2, 0.25) is 0 Å². The van der Waals surface area contributed by atoms with E-state index >= 15 is 0 Å². The molecule has 0 saturated carbocycles. The molecule has 6 nitrogen and oxygen atoms in total. The van der Waals surface area contributed by atoms with Gasteiger partial charge >= 0.3 is 0 Å². The van der Waals surface area contributed by atoms with Gasteiger partial charge in [0.15, 0.2) is 5.82 Å². The number of rotatable bonds is 3. The summed E-state index contributed by atoms with van der Waals surface area (Å²) in [6.45, 7) is 2.15. The Morgan fingerprint density at radius 1 is 1.33 bits per heavy atom. The maximum Gasteiger partial charge on any atom is 0.258 e. The Labute approximate surface area is 153 Å². The summed E-state index contributed by atoms with van der Waals surface area (Å²) < 4.78 is 19.3. The molecule has 132 valence electrons. The van der Waals surface area contributed by atoms with E-state index in [1.165, 1.54) is 12.3 Å². The largest absolute Gasteiger partial charge is 0.364 e. The highest BCUT2D eigenvalue weighted by Crippen LogP contribution is 2.27. The monoisotopic (exact) mass is 360 g/mol. The van der Waals surface area contributed by atoms with Gasteiger partial charge in [0.2, 0.25) is 0 Å². The number of hydrogen-bond acceptors (Lipinski definition) is 5. The zero-order chi connectivity index (χ0) is 19.0. The summed E-state index contributed by atoms with van der Waals surface area (Å²) in [6, 6.07) is 10.1. The quantitative estimate of drug-likeness (QED) is 0.772. The van der Waals surface area contributed by atoms with Crippen molar-refractivity contribution in [3.63, 3.8) is 0 Å². The highest BCUT2D eigenvalue weighted by Gasteiger charge is 2.21. The second-order valence-corrected chi connectivity index (χ2v) is 6.13. The minimum atomic E-state index is -0.817. The number of nitrogens with one attached hydrogen (secondary N) is 1. The molecule has 0 radical (unpaired) electrons. The van der Waals surface area contributed by atoms with Gasteiger partial charge in [-0.1, -0.05) is 17.3 Å². The molecule has 0 saturated heterocycles. The molecule has 0 atom stereocenters. The van der Waals surface area contributed by atoms with Gasteiger partial charge in [0.25, 0.3) is 5.91 Å². The second kappa shape index (κ2) is 6.50. The molecule has 0 spiro atoms. The molecular weight excluding hydrogens is 347 g/mol. The second-order valence-electron chi connectivity index (χ2n) is 6.13. The molecule has 1 aliphatic heterocycles. The van der Waals surface area contributed by atoms with E-state index in [9.17, 15) is 9.18 Å². The van der Waals surface area contributed by atoms with Gasteiger partial charge in [0, 0.05) is 11.3 Å². The molecule has 27 heavy (non-hydrogen) atoms. The van der Waals surface area contributed by atoms with Crippen molar-refractivity contribution < 1.29 is 13.7 Å². The Balaban J connectivity index is 1.66. The van der Waals surface area contributed by atoms with Crippen LogP contribution in [0.1, 0.15) is 38.2 Å². The molecule has 0 fully saturated rings. The van der Waals surface area contributed by atoms with Crippen molar-refractivity contribution >= 4 is 17.3 Å². The van der Waals surface area contributed by atoms with Crippen molar-refractivity contribution in [2.75, 3.05) is 5.32 Å². The Morgan fingerprint density at radius 2 is 2.19 bits per heavy atom. The topological polar surface area (TPSA) is 91.3 Å². The zero-order valence-electron chi connectivity index (χ0n) is 14.3. The van der Waals surface area contributed by atoms with Crippen molar-refractivity contribution in [1.82, 2.24) is 5.16 Å². The van der Waals surface area contributed by atoms with E-state index in [2.05, 4.69) is 15.5 Å². The van der Waals surface area contributed by atoms with E-state index < -0.39 is 11.7 Å². The van der Waals surface area contributed by atoms with Crippen LogP contribution >= 0.6 is 0 Å². The third kappa shape index (κ3) is 2.87. The maximum atomic E-state index is 14.4. The highest BCUT2D eigenvalue weighted by molar-refractivity contribution is 6.15. The van der Waals surface area contributed by atoms with Gasteiger partial charge < -0.3 is 9.84 Å². The van der Waals surface area contributed by atoms with Crippen LogP contribution in [0.5, 0.6) is 0 Å². The lowest BCUT2D eigenvalue weighted by atomic mass is 10.0. The van der Waals surface area contributed by atoms with Gasteiger partial charge in [0.05, 0.1) is 35.1 Å². The molecule has 1 aliphatic rings. The number of nitriles is 1. The molecular formula is C20H13FN4O2. The van der Waals surface area contributed by atoms with Crippen molar-refractivity contribution in [3.05, 3.63) is 82.0 Å². The highest BCUT2D eigenvalue weighted by atomic mass is 19.1. The molecule has 1 amide bonds. The number of hydrogen-bond donors (Lipinski definition) is 1. The normalized spacial score (nSPS) is 12.3. The average molecular weight is 360 g/mol. The van der Waals surface area contributed by atoms with Crippen molar-refractivity contribution in [3.8, 4) is 6.07 Å². The summed E-state index contributed by atoms with van der Waals surface area (Å²) in [6.07, 6.45) is 3.08. The fourth-order valence-electron chi connectivity index (χ4n) is 3.06. The number of carbonyl (C=O) groups excluding carboxylic acids is 1. The molecule has 2 aromatic carbocycles. The number of aliphatic imine (C=N–C) groups is 1. The molecule has 0 bridgehead atoms. The first kappa shape index (κ1) is 16.7. The van der Waals surface area contributed by atoms with Crippen LogP contribution in [0.15, 0.2) is 52.3 Å². The van der Waals surface area contributed by atoms with E-state index in [1.54, 1.807) is 37.4 Å². The number of aryl methyl sites for hydroxylation is 1. The summed E-state index contributed by atoms with van der Waals surface area (Å²) in [5.74, 6) is -1.42. The van der Waals surface area contributed by atoms with Crippen molar-refractivity contribution in [2.45, 2.75) is 13.5 Å². The maximum absolute atomic E-state index is 14.4. The standard InChI is InChI=1S/C20H13FN4O2/c1-11-2-3-12(7-22)18(21)17(11)20(26)25-15-5-4-13-8-23-19(16(13)6-15)14-9-24-27-10-14/h2-6,9-10H,8H2,1H3,(H,25,26). The predicted molar refractivity (Wildman–Crippen MR) is 96.1 cm³/mol. The Morgan fingerprint density at radius 3 is 2.93 bits per heavy atom. The average Bonchev–Trinajstić information content (AvgIpc) is 3.31. The van der Waals surface area contributed by atoms with Gasteiger partial charge in [-0.3, -0.25) is 9.79 Å². The Hall–Kier alpha value is -3.79. The van der Waals surface area contributed by atoms with E-state index in [1.807, 2.05) is 6.07 Å². The van der Waals surface area contributed by atoms with Gasteiger partial charge in [0.1, 0.15) is 12.3 Å². The predicted octanol–water partition coefficient (Wildman–Crippen LogP) is 3.60. The number of anilines is 1. The molecule has 0 aliphatic carbocycles. The van der Waals surface area contributed by atoms with Crippen molar-refractivity contribution in [2.24, 2.45) is 4.99 Å². The van der Waals surface area contributed by atoms with Gasteiger partial charge in [-0.2, -0.15) is 5.26 Å². The van der Waals surface area contributed by atoms with E-state index in [-0.39, 0.29) is 11.1 Å². The Kier molecular flexibility index (Phi) is 4.01. The minimum absolute atomic E-state index is 0.137. The fraction of sp³-hybridized carbons (Fsp3) is 0.100. The van der Waals surface area contributed by atoms with E-state index in [0.717, 1.165) is 22.4 Å². The first-order chi connectivity index (χ1) is 13.1. The smallest absolute Gasteiger partial charge is 0.258 e. The lowest BCUT2D eigenvalue weighted by Gasteiger charge is -2.11. The lowest BCUT2D eigenvalue weighted by Crippen LogP contribution is -2.16. The molecule has 4 rings (SSSR count). The van der Waals surface area contributed by atoms with Crippen molar-refractivity contribution in [1.29, 1.82) is 5.26 Å². The number of fused-ring (bicyclic) bond motifs is 1. The fourth-order valence-corrected chi connectivity index (χ4v) is 3.06. The number of nitrogens with zero attached hydrogens (tertiary/aromatic N) is 3. The van der Waals surface area contributed by atoms with E-state index in [0.29, 0.717) is 17.8 Å². The first-order valence-corrected chi connectivity index (χ1v) is 8.16. The third-order valence-electron chi connectivity index (χ3n) is 4.43. The third-order valence-corrected chi connectivity index (χ3v) is 4.43. The van der Waals surface area contributed by atoms with Crippen LogP contribution < -0.4 is 5.32 Å². The van der Waals surface area contributed by atoms with Crippen LogP contribution in [0.3, 0.4) is 0 Å². The Bertz CT molecular complexity index is 1130. The molecule has 3 aromatic rings. The van der Waals surface area contributed by atoms with Gasteiger partial charge in [-0.15, -0.1) is 0 Å². The summed E-state index contributed by atoms with van der Waals surface area (Å²) in [7, 11) is 0. The van der Waals surface area contributed by atoms with E-state index in [4.69, 9.17) is 9.78 Å². The molecule has 1 N–H and O–H groups in total. The number of carbonyl (C=O) groups is 1. The first-order valence-electron chi connectivity index (χ1n) is 8.16. The molecule has 7 heteroatoms. The SMILES string of the molecule is Cc1ccc(C#N)c(F)c1C(=O)Nc1ccc2c(c1)C(c1cnoc1)=NC2.